The molecule has 122 valence electrons. The fourth-order valence-electron chi connectivity index (χ4n) is 2.55. The Morgan fingerprint density at radius 3 is 2.82 bits per heavy atom. The molecule has 6 heteroatoms. The van der Waals surface area contributed by atoms with Crippen LogP contribution in [0.2, 0.25) is 0 Å². The molecule has 1 aromatic carbocycles. The Labute approximate surface area is 137 Å². The van der Waals surface area contributed by atoms with Crippen LogP contribution in [0.15, 0.2) is 18.2 Å². The number of hydrogen-bond acceptors (Lipinski definition) is 4. The van der Waals surface area contributed by atoms with E-state index >= 15 is 0 Å². The summed E-state index contributed by atoms with van der Waals surface area (Å²) < 4.78 is 4.73. The lowest BCUT2D eigenvalue weighted by atomic mass is 10.0. The summed E-state index contributed by atoms with van der Waals surface area (Å²) in [4.78, 5) is 23.6. The first kappa shape index (κ1) is 18.5. The van der Waals surface area contributed by atoms with E-state index in [0.717, 1.165) is 31.5 Å². The maximum absolute atomic E-state index is 12.0. The summed E-state index contributed by atoms with van der Waals surface area (Å²) in [5.41, 5.74) is 1.95. The lowest BCUT2D eigenvalue weighted by molar-refractivity contribution is -0.116. The van der Waals surface area contributed by atoms with Crippen molar-refractivity contribution in [1.29, 1.82) is 0 Å². The van der Waals surface area contributed by atoms with Crippen molar-refractivity contribution in [1.82, 2.24) is 5.32 Å². The molecule has 0 aromatic heterocycles. The molecule has 1 heterocycles. The minimum absolute atomic E-state index is 0. The smallest absolute Gasteiger partial charge is 0.338 e. The molecule has 1 fully saturated rings. The van der Waals surface area contributed by atoms with Crippen molar-refractivity contribution in [2.45, 2.75) is 26.2 Å². The Balaban J connectivity index is 0.00000242. The van der Waals surface area contributed by atoms with E-state index < -0.39 is 0 Å². The number of benzene rings is 1. The summed E-state index contributed by atoms with van der Waals surface area (Å²) in [6.45, 7) is 3.89. The molecule has 1 saturated heterocycles. The van der Waals surface area contributed by atoms with E-state index in [0.29, 0.717) is 23.6 Å². The predicted molar refractivity (Wildman–Crippen MR) is 88.6 cm³/mol. The van der Waals surface area contributed by atoms with Gasteiger partial charge in [0, 0.05) is 12.1 Å². The van der Waals surface area contributed by atoms with Crippen LogP contribution >= 0.6 is 12.4 Å². The standard InChI is InChI=1S/C16H22N2O3.ClH/c1-11-3-5-13(9-14(11)16(20)21-2)18-15(19)6-4-12-7-8-17-10-12;/h3,5,9,12,17H,4,6-8,10H2,1-2H3,(H,18,19);1H. The van der Waals surface area contributed by atoms with Gasteiger partial charge < -0.3 is 15.4 Å². The van der Waals surface area contributed by atoms with Crippen molar-refractivity contribution in [2.24, 2.45) is 5.92 Å². The number of nitrogens with one attached hydrogen (secondary N) is 2. The van der Waals surface area contributed by atoms with Crippen LogP contribution in [0.4, 0.5) is 5.69 Å². The fraction of sp³-hybridized carbons (Fsp3) is 0.500. The highest BCUT2D eigenvalue weighted by Crippen LogP contribution is 2.18. The number of methoxy groups -OCH3 is 1. The number of esters is 1. The Morgan fingerprint density at radius 1 is 1.41 bits per heavy atom. The molecule has 2 rings (SSSR count). The molecule has 0 aliphatic carbocycles. The van der Waals surface area contributed by atoms with E-state index in [9.17, 15) is 9.59 Å². The van der Waals surface area contributed by atoms with Gasteiger partial charge in [-0.05, 0) is 56.5 Å². The highest BCUT2D eigenvalue weighted by Gasteiger charge is 2.16. The van der Waals surface area contributed by atoms with Gasteiger partial charge in [0.2, 0.25) is 5.91 Å². The zero-order valence-corrected chi connectivity index (χ0v) is 13.8. The van der Waals surface area contributed by atoms with Crippen molar-refractivity contribution < 1.29 is 14.3 Å². The molecule has 0 bridgehead atoms. The molecule has 1 aromatic rings. The van der Waals surface area contributed by atoms with Gasteiger partial charge in [0.1, 0.15) is 0 Å². The number of carbonyl (C=O) groups is 2. The van der Waals surface area contributed by atoms with Gasteiger partial charge in [0.05, 0.1) is 12.7 Å². The predicted octanol–water partition coefficient (Wildman–Crippen LogP) is 2.53. The fourth-order valence-corrected chi connectivity index (χ4v) is 2.55. The first-order valence-electron chi connectivity index (χ1n) is 7.29. The lowest BCUT2D eigenvalue weighted by Gasteiger charge is -2.10. The van der Waals surface area contributed by atoms with Gasteiger partial charge in [-0.25, -0.2) is 4.79 Å². The van der Waals surface area contributed by atoms with E-state index in [1.54, 1.807) is 12.1 Å². The van der Waals surface area contributed by atoms with Crippen LogP contribution in [-0.4, -0.2) is 32.1 Å². The molecular weight excluding hydrogens is 304 g/mol. The zero-order chi connectivity index (χ0) is 15.2. The molecule has 2 N–H and O–H groups in total. The molecule has 1 atom stereocenters. The molecule has 1 aliphatic heterocycles. The van der Waals surface area contributed by atoms with E-state index in [1.165, 1.54) is 7.11 Å². The highest BCUT2D eigenvalue weighted by atomic mass is 35.5. The third kappa shape index (κ3) is 5.00. The molecule has 0 spiro atoms. The second kappa shape index (κ2) is 8.76. The Kier molecular flexibility index (Phi) is 7.35. The highest BCUT2D eigenvalue weighted by molar-refractivity contribution is 5.95. The quantitative estimate of drug-likeness (QED) is 0.816. The molecular formula is C16H23ClN2O3. The summed E-state index contributed by atoms with van der Waals surface area (Å²) in [7, 11) is 1.35. The van der Waals surface area contributed by atoms with Crippen molar-refractivity contribution in [3.63, 3.8) is 0 Å². The Bertz CT molecular complexity index is 528. The van der Waals surface area contributed by atoms with Crippen LogP contribution in [0, 0.1) is 12.8 Å². The molecule has 5 nitrogen and oxygen atoms in total. The number of ether oxygens (including phenoxy) is 1. The molecule has 1 amide bonds. The monoisotopic (exact) mass is 326 g/mol. The summed E-state index contributed by atoms with van der Waals surface area (Å²) in [6, 6.07) is 5.27. The zero-order valence-electron chi connectivity index (χ0n) is 13.0. The van der Waals surface area contributed by atoms with Gasteiger partial charge in [-0.1, -0.05) is 6.07 Å². The summed E-state index contributed by atoms with van der Waals surface area (Å²) in [5.74, 6) is 0.196. The maximum atomic E-state index is 12.0. The Hall–Kier alpha value is -1.59. The van der Waals surface area contributed by atoms with Gasteiger partial charge in [-0.3, -0.25) is 4.79 Å². The van der Waals surface area contributed by atoms with Crippen LogP contribution in [0.3, 0.4) is 0 Å². The number of aryl methyl sites for hydroxylation is 1. The number of anilines is 1. The van der Waals surface area contributed by atoms with Crippen LogP contribution in [-0.2, 0) is 9.53 Å². The average Bonchev–Trinajstić information content (AvgIpc) is 2.99. The minimum atomic E-state index is -0.388. The minimum Gasteiger partial charge on any atom is -0.465 e. The molecule has 0 radical (unpaired) electrons. The third-order valence-electron chi connectivity index (χ3n) is 3.87. The SMILES string of the molecule is COC(=O)c1cc(NC(=O)CCC2CCNC2)ccc1C.Cl. The number of amides is 1. The first-order chi connectivity index (χ1) is 10.1. The van der Waals surface area contributed by atoms with Gasteiger partial charge in [0.25, 0.3) is 0 Å². The van der Waals surface area contributed by atoms with Crippen LogP contribution in [0.1, 0.15) is 35.2 Å². The average molecular weight is 327 g/mol. The van der Waals surface area contributed by atoms with E-state index in [4.69, 9.17) is 4.74 Å². The maximum Gasteiger partial charge on any atom is 0.338 e. The lowest BCUT2D eigenvalue weighted by Crippen LogP contribution is -2.15. The number of halogens is 1. The normalized spacial score (nSPS) is 16.7. The van der Waals surface area contributed by atoms with Crippen LogP contribution in [0.5, 0.6) is 0 Å². The topological polar surface area (TPSA) is 67.4 Å². The first-order valence-corrected chi connectivity index (χ1v) is 7.29. The van der Waals surface area contributed by atoms with E-state index in [2.05, 4.69) is 10.6 Å². The van der Waals surface area contributed by atoms with Crippen LogP contribution < -0.4 is 10.6 Å². The van der Waals surface area contributed by atoms with E-state index in [1.807, 2.05) is 13.0 Å². The van der Waals surface area contributed by atoms with Crippen LogP contribution in [0.25, 0.3) is 0 Å². The molecule has 0 saturated carbocycles. The van der Waals surface area contributed by atoms with Gasteiger partial charge in [-0.15, -0.1) is 12.4 Å². The summed E-state index contributed by atoms with van der Waals surface area (Å²) in [5, 5.41) is 6.14. The van der Waals surface area contributed by atoms with Gasteiger partial charge >= 0.3 is 5.97 Å². The second-order valence-corrected chi connectivity index (χ2v) is 5.47. The van der Waals surface area contributed by atoms with Crippen molar-refractivity contribution >= 4 is 30.0 Å². The number of hydrogen-bond donors (Lipinski definition) is 2. The van der Waals surface area contributed by atoms with Crippen molar-refractivity contribution in [3.05, 3.63) is 29.3 Å². The molecule has 1 aliphatic rings. The summed E-state index contributed by atoms with van der Waals surface area (Å²) in [6.07, 6.45) is 2.55. The van der Waals surface area contributed by atoms with E-state index in [-0.39, 0.29) is 24.3 Å². The number of rotatable bonds is 5. The van der Waals surface area contributed by atoms with Gasteiger partial charge in [0.15, 0.2) is 0 Å². The van der Waals surface area contributed by atoms with Crippen molar-refractivity contribution in [3.8, 4) is 0 Å². The molecule has 1 unspecified atom stereocenters. The van der Waals surface area contributed by atoms with Gasteiger partial charge in [-0.2, -0.15) is 0 Å². The second-order valence-electron chi connectivity index (χ2n) is 5.47. The third-order valence-corrected chi connectivity index (χ3v) is 3.87. The largest absolute Gasteiger partial charge is 0.465 e. The van der Waals surface area contributed by atoms with Crippen molar-refractivity contribution in [2.75, 3.05) is 25.5 Å². The molecule has 22 heavy (non-hydrogen) atoms. The Morgan fingerprint density at radius 2 is 2.18 bits per heavy atom. The number of carbonyl (C=O) groups excluding carboxylic acids is 2. The summed E-state index contributed by atoms with van der Waals surface area (Å²) >= 11 is 0.